The minimum Gasteiger partial charge on any atom is -0.346 e. The van der Waals surface area contributed by atoms with Crippen molar-refractivity contribution in [3.8, 4) is 0 Å². The lowest BCUT2D eigenvalue weighted by Gasteiger charge is -2.28. The second-order valence-electron chi connectivity index (χ2n) is 11.2. The van der Waals surface area contributed by atoms with Gasteiger partial charge in [-0.25, -0.2) is 4.39 Å². The van der Waals surface area contributed by atoms with E-state index in [0.717, 1.165) is 31.7 Å². The lowest BCUT2D eigenvalue weighted by molar-refractivity contribution is -0.139. The molecule has 12 heteroatoms. The van der Waals surface area contributed by atoms with E-state index in [1.807, 2.05) is 13.8 Å². The molecule has 41 heavy (non-hydrogen) atoms. The molecule has 8 nitrogen and oxygen atoms in total. The highest BCUT2D eigenvalue weighted by atomic mass is 19.4. The zero-order chi connectivity index (χ0) is 30.1. The van der Waals surface area contributed by atoms with Crippen molar-refractivity contribution in [2.75, 3.05) is 11.9 Å². The first-order valence-electron chi connectivity index (χ1n) is 13.8. The average molecular weight is 578 g/mol. The number of nitrogens with one attached hydrogen (secondary N) is 3. The Labute approximate surface area is 235 Å². The Bertz CT molecular complexity index is 1300. The van der Waals surface area contributed by atoms with Crippen molar-refractivity contribution in [1.29, 1.82) is 0 Å². The van der Waals surface area contributed by atoms with E-state index in [2.05, 4.69) is 22.3 Å². The van der Waals surface area contributed by atoms with Crippen LogP contribution >= 0.6 is 0 Å². The normalized spacial score (nSPS) is 16.8. The summed E-state index contributed by atoms with van der Waals surface area (Å²) in [5.74, 6) is -3.49. The molecule has 0 aliphatic heterocycles. The van der Waals surface area contributed by atoms with E-state index in [1.54, 1.807) is 16.1 Å². The fourth-order valence-electron chi connectivity index (χ4n) is 5.29. The Kier molecular flexibility index (Phi) is 8.89. The number of anilines is 1. The Balaban J connectivity index is 1.57. The lowest BCUT2D eigenvalue weighted by Crippen LogP contribution is -2.50. The molecule has 2 saturated carbocycles. The maximum atomic E-state index is 15.3. The van der Waals surface area contributed by atoms with E-state index >= 15 is 4.39 Å². The summed E-state index contributed by atoms with van der Waals surface area (Å²) in [6.45, 7) is 7.29. The number of carbonyl (C=O) groups is 3. The summed E-state index contributed by atoms with van der Waals surface area (Å²) in [7, 11) is 0. The minimum absolute atomic E-state index is 0.0800. The van der Waals surface area contributed by atoms with Crippen molar-refractivity contribution in [2.24, 2.45) is 17.8 Å². The molecule has 1 heterocycles. The van der Waals surface area contributed by atoms with E-state index < -0.39 is 48.2 Å². The number of benzene rings is 1. The van der Waals surface area contributed by atoms with Crippen LogP contribution in [0.3, 0.4) is 0 Å². The molecule has 2 aliphatic rings. The van der Waals surface area contributed by atoms with Gasteiger partial charge in [0.2, 0.25) is 11.8 Å². The van der Waals surface area contributed by atoms with Crippen molar-refractivity contribution in [3.63, 3.8) is 0 Å². The van der Waals surface area contributed by atoms with Crippen molar-refractivity contribution in [1.82, 2.24) is 20.4 Å². The van der Waals surface area contributed by atoms with Gasteiger partial charge in [0, 0.05) is 12.2 Å². The Hall–Kier alpha value is -3.70. The van der Waals surface area contributed by atoms with E-state index in [4.69, 9.17) is 0 Å². The predicted molar refractivity (Wildman–Crippen MR) is 145 cm³/mol. The van der Waals surface area contributed by atoms with Crippen LogP contribution in [0.15, 0.2) is 31.0 Å². The number of carbonyl (C=O) groups excluding carboxylic acids is 3. The number of alkyl halides is 3. The van der Waals surface area contributed by atoms with Gasteiger partial charge in [-0.1, -0.05) is 12.7 Å². The predicted octanol–water partition coefficient (Wildman–Crippen LogP) is 5.20. The number of rotatable bonds is 12. The number of hydrogen-bond acceptors (Lipinski definition) is 4. The summed E-state index contributed by atoms with van der Waals surface area (Å²) in [6.07, 6.45) is 2.05. The minimum atomic E-state index is -4.59. The fraction of sp³-hybridized carbons (Fsp3) is 0.517. The van der Waals surface area contributed by atoms with Crippen LogP contribution in [-0.4, -0.2) is 46.3 Å². The second-order valence-corrected chi connectivity index (χ2v) is 11.2. The lowest BCUT2D eigenvalue weighted by atomic mass is 9.88. The molecule has 3 amide bonds. The van der Waals surface area contributed by atoms with Gasteiger partial charge in [-0.3, -0.25) is 19.1 Å². The standard InChI is InChI=1S/C29H35F4N5O3/c1-5-17-12-22(21(30)13-20(17)16(4)26(39)34-14-29(31,32)33)36-28(41)25(24(18-6-7-18)19-8-9-19)37-27(40)23-10-11-35-38(23)15(2)3/h5,10-13,15-16,18-19,24-25H,1,6-9,14H2,2-4H3,(H,34,39)(H,36,41)(H,37,40). The smallest absolute Gasteiger partial charge is 0.346 e. The van der Waals surface area contributed by atoms with Crippen LogP contribution in [0.1, 0.15) is 80.0 Å². The van der Waals surface area contributed by atoms with E-state index in [0.29, 0.717) is 5.69 Å². The van der Waals surface area contributed by atoms with Gasteiger partial charge in [-0.2, -0.15) is 18.3 Å². The van der Waals surface area contributed by atoms with Gasteiger partial charge >= 0.3 is 6.18 Å². The monoisotopic (exact) mass is 577 g/mol. The van der Waals surface area contributed by atoms with Gasteiger partial charge in [0.05, 0.1) is 11.6 Å². The summed E-state index contributed by atoms with van der Waals surface area (Å²) in [4.78, 5) is 39.3. The zero-order valence-electron chi connectivity index (χ0n) is 23.2. The highest BCUT2D eigenvalue weighted by Gasteiger charge is 2.48. The van der Waals surface area contributed by atoms with E-state index in [9.17, 15) is 27.6 Å². The quantitative estimate of drug-likeness (QED) is 0.302. The molecule has 2 atom stereocenters. The van der Waals surface area contributed by atoms with Crippen molar-refractivity contribution in [3.05, 3.63) is 53.6 Å². The molecule has 0 spiro atoms. The number of amides is 3. The molecule has 0 bridgehead atoms. The molecule has 2 fully saturated rings. The first kappa shape index (κ1) is 30.3. The van der Waals surface area contributed by atoms with Crippen LogP contribution in [0.5, 0.6) is 0 Å². The van der Waals surface area contributed by atoms with Gasteiger partial charge in [-0.15, -0.1) is 0 Å². The van der Waals surface area contributed by atoms with Gasteiger partial charge in [0.25, 0.3) is 5.91 Å². The third-order valence-electron chi connectivity index (χ3n) is 7.65. The molecule has 1 aromatic carbocycles. The van der Waals surface area contributed by atoms with Crippen LogP contribution in [0, 0.1) is 23.6 Å². The summed E-state index contributed by atoms with van der Waals surface area (Å²) >= 11 is 0. The van der Waals surface area contributed by atoms with Crippen molar-refractivity contribution >= 4 is 29.5 Å². The third kappa shape index (κ3) is 7.34. The first-order chi connectivity index (χ1) is 19.3. The number of aromatic nitrogens is 2. The molecule has 1 aromatic heterocycles. The fourth-order valence-corrected chi connectivity index (χ4v) is 5.29. The summed E-state index contributed by atoms with van der Waals surface area (Å²) in [6, 6.07) is 2.88. The first-order valence-corrected chi connectivity index (χ1v) is 13.8. The molecule has 3 N–H and O–H groups in total. The van der Waals surface area contributed by atoms with Crippen molar-refractivity contribution < 1.29 is 31.9 Å². The third-order valence-corrected chi connectivity index (χ3v) is 7.65. The Morgan fingerprint density at radius 2 is 1.73 bits per heavy atom. The number of nitrogens with zero attached hydrogens (tertiary/aromatic N) is 2. The highest BCUT2D eigenvalue weighted by Crippen LogP contribution is 2.51. The molecular formula is C29H35F4N5O3. The summed E-state index contributed by atoms with van der Waals surface area (Å²) in [5, 5.41) is 11.5. The molecule has 0 radical (unpaired) electrons. The molecule has 2 aliphatic carbocycles. The van der Waals surface area contributed by atoms with E-state index in [1.165, 1.54) is 25.3 Å². The Morgan fingerprint density at radius 3 is 2.27 bits per heavy atom. The number of halogens is 4. The van der Waals surface area contributed by atoms with E-state index in [-0.39, 0.29) is 40.6 Å². The average Bonchev–Trinajstić information content (AvgIpc) is 3.86. The molecule has 2 unspecified atom stereocenters. The maximum absolute atomic E-state index is 15.3. The van der Waals surface area contributed by atoms with Crippen LogP contribution in [-0.2, 0) is 9.59 Å². The largest absolute Gasteiger partial charge is 0.405 e. The van der Waals surface area contributed by atoms with Crippen LogP contribution in [0.4, 0.5) is 23.2 Å². The second kappa shape index (κ2) is 12.0. The molecule has 222 valence electrons. The molecule has 2 aromatic rings. The molecular weight excluding hydrogens is 542 g/mol. The highest BCUT2D eigenvalue weighted by molar-refractivity contribution is 6.01. The zero-order valence-corrected chi connectivity index (χ0v) is 23.2. The SMILES string of the molecule is C=Cc1cc(NC(=O)C(NC(=O)c2ccnn2C(C)C)C(C2CC2)C2CC2)c(F)cc1C(C)C(=O)NCC(F)(F)F. The molecule has 4 rings (SSSR count). The van der Waals surface area contributed by atoms with Crippen LogP contribution in [0.2, 0.25) is 0 Å². The summed E-state index contributed by atoms with van der Waals surface area (Å²) < 4.78 is 54.5. The topological polar surface area (TPSA) is 105 Å². The van der Waals surface area contributed by atoms with Crippen LogP contribution in [0.25, 0.3) is 6.08 Å². The van der Waals surface area contributed by atoms with Crippen LogP contribution < -0.4 is 16.0 Å². The Morgan fingerprint density at radius 1 is 1.10 bits per heavy atom. The number of hydrogen-bond donors (Lipinski definition) is 3. The summed E-state index contributed by atoms with van der Waals surface area (Å²) in [5.41, 5.74) is 0.522. The van der Waals surface area contributed by atoms with Gasteiger partial charge in [0.1, 0.15) is 24.1 Å². The van der Waals surface area contributed by atoms with Gasteiger partial charge in [0.15, 0.2) is 0 Å². The maximum Gasteiger partial charge on any atom is 0.405 e. The van der Waals surface area contributed by atoms with Gasteiger partial charge < -0.3 is 16.0 Å². The van der Waals surface area contributed by atoms with Crippen molar-refractivity contribution in [2.45, 2.75) is 70.6 Å². The van der Waals surface area contributed by atoms with Gasteiger partial charge in [-0.05, 0) is 93.5 Å². The molecule has 0 saturated heterocycles.